The van der Waals surface area contributed by atoms with Crippen molar-refractivity contribution >= 4 is 33.4 Å². The number of sulfonamides is 1. The fraction of sp³-hybridized carbons (Fsp3) is 0.257. The third kappa shape index (κ3) is 8.56. The molecule has 0 bridgehead atoms. The number of hydrogen-bond donors (Lipinski definition) is 2. The van der Waals surface area contributed by atoms with Crippen molar-refractivity contribution < 1.29 is 18.0 Å². The largest absolute Gasteiger partial charge is 0.350 e. The van der Waals surface area contributed by atoms with Gasteiger partial charge < -0.3 is 10.2 Å². The lowest BCUT2D eigenvalue weighted by Gasteiger charge is -2.32. The number of carbonyl (C=O) groups is 2. The fourth-order valence-electron chi connectivity index (χ4n) is 4.93. The summed E-state index contributed by atoms with van der Waals surface area (Å²) in [6, 6.07) is 30.2. The van der Waals surface area contributed by atoms with Gasteiger partial charge in [-0.25, -0.2) is 13.1 Å². The molecule has 1 aliphatic carbocycles. The van der Waals surface area contributed by atoms with Crippen LogP contribution in [0.2, 0.25) is 5.02 Å². The molecule has 4 aromatic carbocycles. The normalized spacial score (nSPS) is 13.7. The third-order valence-corrected chi connectivity index (χ3v) is 9.40. The van der Waals surface area contributed by atoms with Gasteiger partial charge in [-0.3, -0.25) is 9.59 Å². The fourth-order valence-corrected chi connectivity index (χ4v) is 6.36. The van der Waals surface area contributed by atoms with Crippen LogP contribution in [-0.4, -0.2) is 31.2 Å². The van der Waals surface area contributed by atoms with E-state index in [2.05, 4.69) is 10.0 Å². The standard InChI is InChI=1S/C35H36ClN3O4S/c1-25-7-9-27(10-8-25)23-37-35(41)34(29-5-3-2-4-6-29)39(24-28-11-16-30(36)17-12-28)33(40)22-15-26-13-20-32(21-14-26)44(42,43)38-31-18-19-31/h2-14,16-17,20-21,31,34,38H,15,18-19,22-24H2,1H3,(H,37,41). The molecule has 0 aliphatic heterocycles. The number of hydrogen-bond acceptors (Lipinski definition) is 4. The second-order valence-electron chi connectivity index (χ2n) is 11.2. The third-order valence-electron chi connectivity index (χ3n) is 7.61. The first-order valence-corrected chi connectivity index (χ1v) is 16.6. The minimum absolute atomic E-state index is 0.0237. The average molecular weight is 630 g/mol. The molecule has 0 spiro atoms. The van der Waals surface area contributed by atoms with Crippen molar-refractivity contribution in [3.05, 3.63) is 136 Å². The Labute approximate surface area is 264 Å². The SMILES string of the molecule is Cc1ccc(CNC(=O)C(c2ccccc2)N(Cc2ccc(Cl)cc2)C(=O)CCc2ccc(S(=O)(=O)NC3CC3)cc2)cc1. The number of benzene rings is 4. The maximum Gasteiger partial charge on any atom is 0.247 e. The van der Waals surface area contributed by atoms with Gasteiger partial charge in [0.15, 0.2) is 0 Å². The Morgan fingerprint density at radius 1 is 0.841 bits per heavy atom. The number of nitrogens with one attached hydrogen (secondary N) is 2. The number of nitrogens with zero attached hydrogens (tertiary/aromatic N) is 1. The Morgan fingerprint density at radius 3 is 2.09 bits per heavy atom. The zero-order valence-corrected chi connectivity index (χ0v) is 26.2. The molecule has 2 N–H and O–H groups in total. The molecule has 1 fully saturated rings. The van der Waals surface area contributed by atoms with Crippen molar-refractivity contribution in [2.24, 2.45) is 0 Å². The zero-order valence-electron chi connectivity index (χ0n) is 24.6. The molecule has 1 aliphatic rings. The Hall–Kier alpha value is -3.98. The molecule has 0 radical (unpaired) electrons. The van der Waals surface area contributed by atoms with Crippen LogP contribution >= 0.6 is 11.6 Å². The molecule has 228 valence electrons. The summed E-state index contributed by atoms with van der Waals surface area (Å²) in [6.07, 6.45) is 2.24. The maximum atomic E-state index is 14.0. The highest BCUT2D eigenvalue weighted by molar-refractivity contribution is 7.89. The van der Waals surface area contributed by atoms with Gasteiger partial charge in [0.2, 0.25) is 21.8 Å². The molecule has 1 atom stereocenters. The van der Waals surface area contributed by atoms with Crippen molar-refractivity contribution in [1.82, 2.24) is 14.9 Å². The quantitative estimate of drug-likeness (QED) is 0.187. The summed E-state index contributed by atoms with van der Waals surface area (Å²) in [7, 11) is -3.55. The Bertz CT molecular complexity index is 1670. The molecule has 2 amide bonds. The summed E-state index contributed by atoms with van der Waals surface area (Å²) < 4.78 is 27.8. The van der Waals surface area contributed by atoms with Gasteiger partial charge in [-0.15, -0.1) is 0 Å². The van der Waals surface area contributed by atoms with Gasteiger partial charge in [0.05, 0.1) is 4.90 Å². The highest BCUT2D eigenvalue weighted by atomic mass is 35.5. The predicted octanol–water partition coefficient (Wildman–Crippen LogP) is 6.11. The van der Waals surface area contributed by atoms with Gasteiger partial charge in [-0.2, -0.15) is 0 Å². The molecule has 44 heavy (non-hydrogen) atoms. The van der Waals surface area contributed by atoms with E-state index >= 15 is 0 Å². The Balaban J connectivity index is 1.37. The molecule has 0 heterocycles. The van der Waals surface area contributed by atoms with Gasteiger partial charge in [0, 0.05) is 30.6 Å². The lowest BCUT2D eigenvalue weighted by atomic mass is 10.0. The first kappa shape index (κ1) is 31.4. The molecular weight excluding hydrogens is 594 g/mol. The van der Waals surface area contributed by atoms with Crippen LogP contribution < -0.4 is 10.0 Å². The maximum absolute atomic E-state index is 14.0. The zero-order chi connectivity index (χ0) is 31.1. The average Bonchev–Trinajstić information content (AvgIpc) is 3.84. The van der Waals surface area contributed by atoms with E-state index in [9.17, 15) is 18.0 Å². The van der Waals surface area contributed by atoms with Crippen LogP contribution in [0.5, 0.6) is 0 Å². The van der Waals surface area contributed by atoms with Crippen molar-refractivity contribution in [1.29, 1.82) is 0 Å². The smallest absolute Gasteiger partial charge is 0.247 e. The van der Waals surface area contributed by atoms with Crippen LogP contribution in [0.4, 0.5) is 0 Å². The topological polar surface area (TPSA) is 95.6 Å². The summed E-state index contributed by atoms with van der Waals surface area (Å²) >= 11 is 6.13. The first-order valence-electron chi connectivity index (χ1n) is 14.7. The second-order valence-corrected chi connectivity index (χ2v) is 13.4. The molecular formula is C35H36ClN3O4S. The number of amides is 2. The highest BCUT2D eigenvalue weighted by Crippen LogP contribution is 2.26. The number of carbonyl (C=O) groups excluding carboxylic acids is 2. The van der Waals surface area contributed by atoms with Crippen molar-refractivity contribution in [2.75, 3.05) is 0 Å². The highest BCUT2D eigenvalue weighted by Gasteiger charge is 2.31. The molecule has 1 unspecified atom stereocenters. The molecule has 5 rings (SSSR count). The van der Waals surface area contributed by atoms with Gasteiger partial charge in [0.25, 0.3) is 0 Å². The minimum Gasteiger partial charge on any atom is -0.350 e. The van der Waals surface area contributed by atoms with Crippen LogP contribution in [0.25, 0.3) is 0 Å². The van der Waals surface area contributed by atoms with Gasteiger partial charge >= 0.3 is 0 Å². The number of aryl methyl sites for hydroxylation is 2. The van der Waals surface area contributed by atoms with Crippen molar-refractivity contribution in [3.8, 4) is 0 Å². The van der Waals surface area contributed by atoms with Gasteiger partial charge in [-0.1, -0.05) is 96.0 Å². The second kappa shape index (κ2) is 14.2. The van der Waals surface area contributed by atoms with Crippen LogP contribution in [0.1, 0.15) is 53.1 Å². The molecule has 9 heteroatoms. The minimum atomic E-state index is -3.55. The van der Waals surface area contributed by atoms with Crippen LogP contribution in [-0.2, 0) is 39.1 Å². The van der Waals surface area contributed by atoms with E-state index in [0.29, 0.717) is 23.6 Å². The molecule has 0 saturated heterocycles. The van der Waals surface area contributed by atoms with Crippen LogP contribution in [0.3, 0.4) is 0 Å². The van der Waals surface area contributed by atoms with Crippen LogP contribution in [0.15, 0.2) is 108 Å². The van der Waals surface area contributed by atoms with Crippen molar-refractivity contribution in [2.45, 2.75) is 62.7 Å². The molecule has 0 aromatic heterocycles. The summed E-state index contributed by atoms with van der Waals surface area (Å²) in [6.45, 7) is 2.55. The van der Waals surface area contributed by atoms with E-state index in [1.165, 1.54) is 0 Å². The Kier molecular flexibility index (Phi) is 10.1. The van der Waals surface area contributed by atoms with E-state index in [-0.39, 0.29) is 35.7 Å². The van der Waals surface area contributed by atoms with Crippen LogP contribution in [0, 0.1) is 6.92 Å². The number of rotatable bonds is 13. The van der Waals surface area contributed by atoms with E-state index in [4.69, 9.17) is 11.6 Å². The lowest BCUT2D eigenvalue weighted by Crippen LogP contribution is -2.43. The summed E-state index contributed by atoms with van der Waals surface area (Å²) in [5.74, 6) is -0.483. The summed E-state index contributed by atoms with van der Waals surface area (Å²) in [5.41, 5.74) is 4.47. The van der Waals surface area contributed by atoms with E-state index in [1.807, 2.05) is 73.7 Å². The molecule has 4 aromatic rings. The van der Waals surface area contributed by atoms with E-state index in [1.54, 1.807) is 41.3 Å². The Morgan fingerprint density at radius 2 is 1.45 bits per heavy atom. The van der Waals surface area contributed by atoms with Gasteiger partial charge in [-0.05, 0) is 72.7 Å². The predicted molar refractivity (Wildman–Crippen MR) is 172 cm³/mol. The van der Waals surface area contributed by atoms with Gasteiger partial charge in [0.1, 0.15) is 6.04 Å². The lowest BCUT2D eigenvalue weighted by molar-refractivity contribution is -0.141. The molecule has 1 saturated carbocycles. The number of halogens is 1. The first-order chi connectivity index (χ1) is 21.2. The van der Waals surface area contributed by atoms with E-state index < -0.39 is 16.1 Å². The summed E-state index contributed by atoms with van der Waals surface area (Å²) in [5, 5.41) is 3.63. The van der Waals surface area contributed by atoms with Crippen molar-refractivity contribution in [3.63, 3.8) is 0 Å². The monoisotopic (exact) mass is 629 g/mol. The summed E-state index contributed by atoms with van der Waals surface area (Å²) in [4.78, 5) is 29.7. The molecule has 7 nitrogen and oxygen atoms in total. The van der Waals surface area contributed by atoms with E-state index in [0.717, 1.165) is 35.1 Å².